The van der Waals surface area contributed by atoms with Crippen LogP contribution in [0.2, 0.25) is 0 Å². The molecule has 1 unspecified atom stereocenters. The summed E-state index contributed by atoms with van der Waals surface area (Å²) in [6, 6.07) is 2.42. The van der Waals surface area contributed by atoms with Crippen LogP contribution in [0.25, 0.3) is 0 Å². The number of likely N-dealkylation sites (N-methyl/N-ethyl adjacent to an activating group) is 1. The van der Waals surface area contributed by atoms with Crippen molar-refractivity contribution in [2.75, 3.05) is 59.4 Å². The Bertz CT molecular complexity index is 265. The fourth-order valence-corrected chi connectivity index (χ4v) is 2.72. The Balaban J connectivity index is 1.66. The number of likely N-dealkylation sites (tertiary alicyclic amines) is 1. The zero-order valence-corrected chi connectivity index (χ0v) is 10.9. The van der Waals surface area contributed by atoms with Gasteiger partial charge in [0.05, 0.1) is 12.0 Å². The monoisotopic (exact) mass is 236 g/mol. The van der Waals surface area contributed by atoms with Crippen molar-refractivity contribution >= 4 is 0 Å². The van der Waals surface area contributed by atoms with E-state index in [1.807, 2.05) is 0 Å². The zero-order chi connectivity index (χ0) is 12.1. The number of hydrogen-bond acceptors (Lipinski definition) is 4. The number of nitrogens with zero attached hydrogens (tertiary/aromatic N) is 4. The van der Waals surface area contributed by atoms with E-state index in [0.717, 1.165) is 19.5 Å². The van der Waals surface area contributed by atoms with E-state index in [1.54, 1.807) is 0 Å². The molecule has 0 aliphatic carbocycles. The molecule has 4 heteroatoms. The average molecular weight is 236 g/mol. The van der Waals surface area contributed by atoms with Gasteiger partial charge < -0.3 is 9.80 Å². The Labute approximate surface area is 105 Å². The Morgan fingerprint density at radius 1 is 1.06 bits per heavy atom. The Kier molecular flexibility index (Phi) is 4.78. The van der Waals surface area contributed by atoms with Crippen molar-refractivity contribution in [1.29, 1.82) is 5.26 Å². The maximum atomic E-state index is 8.96. The maximum Gasteiger partial charge on any atom is 0.0669 e. The molecule has 0 N–H and O–H groups in total. The summed E-state index contributed by atoms with van der Waals surface area (Å²) < 4.78 is 0. The number of nitriles is 1. The third-order valence-electron chi connectivity index (χ3n) is 4.02. The number of piperidine rings is 1. The van der Waals surface area contributed by atoms with Crippen LogP contribution >= 0.6 is 0 Å². The van der Waals surface area contributed by atoms with Gasteiger partial charge in [-0.25, -0.2) is 0 Å². The van der Waals surface area contributed by atoms with Gasteiger partial charge in [0.1, 0.15) is 0 Å². The first-order valence-corrected chi connectivity index (χ1v) is 6.81. The quantitative estimate of drug-likeness (QED) is 0.713. The predicted molar refractivity (Wildman–Crippen MR) is 68.7 cm³/mol. The molecule has 2 saturated heterocycles. The fourth-order valence-electron chi connectivity index (χ4n) is 2.72. The van der Waals surface area contributed by atoms with Crippen molar-refractivity contribution < 1.29 is 0 Å². The Hall–Kier alpha value is -0.630. The van der Waals surface area contributed by atoms with E-state index in [1.165, 1.54) is 45.7 Å². The van der Waals surface area contributed by atoms with E-state index in [2.05, 4.69) is 27.8 Å². The highest BCUT2D eigenvalue weighted by atomic mass is 15.3. The molecule has 2 heterocycles. The first-order chi connectivity index (χ1) is 8.28. The summed E-state index contributed by atoms with van der Waals surface area (Å²) in [4.78, 5) is 7.41. The number of rotatable bonds is 3. The lowest BCUT2D eigenvalue weighted by molar-refractivity contribution is 0.122. The molecule has 2 aliphatic rings. The van der Waals surface area contributed by atoms with Crippen LogP contribution in [0.5, 0.6) is 0 Å². The summed E-state index contributed by atoms with van der Waals surface area (Å²) in [5.41, 5.74) is 0. The van der Waals surface area contributed by atoms with Gasteiger partial charge in [-0.05, 0) is 26.4 Å². The average Bonchev–Trinajstić information content (AvgIpc) is 2.38. The summed E-state index contributed by atoms with van der Waals surface area (Å²) in [7, 11) is 2.19. The van der Waals surface area contributed by atoms with Gasteiger partial charge in [-0.2, -0.15) is 5.26 Å². The first-order valence-electron chi connectivity index (χ1n) is 6.81. The van der Waals surface area contributed by atoms with E-state index in [0.29, 0.717) is 0 Å². The molecule has 96 valence electrons. The molecule has 17 heavy (non-hydrogen) atoms. The minimum atomic E-state index is 0.274. The summed E-state index contributed by atoms with van der Waals surface area (Å²) >= 11 is 0. The van der Waals surface area contributed by atoms with Crippen LogP contribution in [-0.4, -0.2) is 74.1 Å². The SMILES string of the molecule is CN1CCN(CCN2CCCC(C#N)C2)CC1. The van der Waals surface area contributed by atoms with Gasteiger partial charge >= 0.3 is 0 Å². The second-order valence-corrected chi connectivity index (χ2v) is 5.41. The minimum Gasteiger partial charge on any atom is -0.304 e. The first kappa shape index (κ1) is 12.8. The summed E-state index contributed by atoms with van der Waals surface area (Å²) in [6.07, 6.45) is 2.29. The predicted octanol–water partition coefficient (Wildman–Crippen LogP) is 0.469. The van der Waals surface area contributed by atoms with Gasteiger partial charge in [-0.3, -0.25) is 4.90 Å². The van der Waals surface area contributed by atoms with Gasteiger partial charge in [-0.1, -0.05) is 0 Å². The molecule has 0 aromatic heterocycles. The smallest absolute Gasteiger partial charge is 0.0669 e. The highest BCUT2D eigenvalue weighted by Crippen LogP contribution is 2.15. The van der Waals surface area contributed by atoms with Crippen LogP contribution in [-0.2, 0) is 0 Å². The third-order valence-corrected chi connectivity index (χ3v) is 4.02. The van der Waals surface area contributed by atoms with E-state index in [9.17, 15) is 0 Å². The molecule has 0 spiro atoms. The fraction of sp³-hybridized carbons (Fsp3) is 0.923. The van der Waals surface area contributed by atoms with Gasteiger partial charge in [-0.15, -0.1) is 0 Å². The molecule has 0 amide bonds. The van der Waals surface area contributed by atoms with Crippen LogP contribution in [0.4, 0.5) is 0 Å². The topological polar surface area (TPSA) is 33.5 Å². The van der Waals surface area contributed by atoms with Crippen molar-refractivity contribution in [3.63, 3.8) is 0 Å². The minimum absolute atomic E-state index is 0.274. The van der Waals surface area contributed by atoms with Crippen LogP contribution < -0.4 is 0 Å². The molecule has 0 aromatic carbocycles. The summed E-state index contributed by atoms with van der Waals surface area (Å²) in [6.45, 7) is 9.28. The van der Waals surface area contributed by atoms with Crippen molar-refractivity contribution in [3.8, 4) is 6.07 Å². The molecular weight excluding hydrogens is 212 g/mol. The van der Waals surface area contributed by atoms with Gasteiger partial charge in [0.25, 0.3) is 0 Å². The van der Waals surface area contributed by atoms with Crippen LogP contribution in [0.1, 0.15) is 12.8 Å². The number of piperazine rings is 1. The standard InChI is InChI=1S/C13H24N4/c1-15-5-7-16(8-6-15)9-10-17-4-2-3-13(11-14)12-17/h13H,2-10,12H2,1H3. The molecule has 2 aliphatic heterocycles. The van der Waals surface area contributed by atoms with E-state index in [4.69, 9.17) is 5.26 Å². The van der Waals surface area contributed by atoms with Crippen LogP contribution in [0.15, 0.2) is 0 Å². The lowest BCUT2D eigenvalue weighted by atomic mass is 10.00. The number of hydrogen-bond donors (Lipinski definition) is 0. The molecule has 2 rings (SSSR count). The molecule has 0 bridgehead atoms. The van der Waals surface area contributed by atoms with Crippen LogP contribution in [0, 0.1) is 17.2 Å². The van der Waals surface area contributed by atoms with Gasteiger partial charge in [0.15, 0.2) is 0 Å². The van der Waals surface area contributed by atoms with Crippen LogP contribution in [0.3, 0.4) is 0 Å². The summed E-state index contributed by atoms with van der Waals surface area (Å²) in [5.74, 6) is 0.274. The summed E-state index contributed by atoms with van der Waals surface area (Å²) in [5, 5.41) is 8.96. The van der Waals surface area contributed by atoms with Gasteiger partial charge in [0.2, 0.25) is 0 Å². The third kappa shape index (κ3) is 3.95. The Morgan fingerprint density at radius 2 is 1.76 bits per heavy atom. The van der Waals surface area contributed by atoms with E-state index < -0.39 is 0 Å². The molecule has 4 nitrogen and oxygen atoms in total. The maximum absolute atomic E-state index is 8.96. The second-order valence-electron chi connectivity index (χ2n) is 5.41. The lowest BCUT2D eigenvalue weighted by Crippen LogP contribution is -2.48. The molecular formula is C13H24N4. The highest BCUT2D eigenvalue weighted by Gasteiger charge is 2.20. The molecule has 0 saturated carbocycles. The highest BCUT2D eigenvalue weighted by molar-refractivity contribution is 4.88. The Morgan fingerprint density at radius 3 is 2.47 bits per heavy atom. The van der Waals surface area contributed by atoms with E-state index in [-0.39, 0.29) is 5.92 Å². The van der Waals surface area contributed by atoms with Crippen molar-refractivity contribution in [2.45, 2.75) is 12.8 Å². The molecule has 2 fully saturated rings. The molecule has 0 aromatic rings. The largest absolute Gasteiger partial charge is 0.304 e. The molecule has 1 atom stereocenters. The normalized spacial score (nSPS) is 29.1. The zero-order valence-electron chi connectivity index (χ0n) is 10.9. The lowest BCUT2D eigenvalue weighted by Gasteiger charge is -2.35. The second kappa shape index (κ2) is 6.34. The molecule has 0 radical (unpaired) electrons. The van der Waals surface area contributed by atoms with Crippen molar-refractivity contribution in [1.82, 2.24) is 14.7 Å². The van der Waals surface area contributed by atoms with E-state index >= 15 is 0 Å². The van der Waals surface area contributed by atoms with Crippen molar-refractivity contribution in [3.05, 3.63) is 0 Å². The van der Waals surface area contributed by atoms with Gasteiger partial charge in [0, 0.05) is 45.8 Å². The van der Waals surface area contributed by atoms with Crippen molar-refractivity contribution in [2.24, 2.45) is 5.92 Å².